The number of benzene rings is 2. The maximum Gasteiger partial charge on any atom is 0.344 e. The van der Waals surface area contributed by atoms with Gasteiger partial charge in [-0.25, -0.2) is 9.18 Å². The summed E-state index contributed by atoms with van der Waals surface area (Å²) in [5.41, 5.74) is -1.93. The van der Waals surface area contributed by atoms with Crippen molar-refractivity contribution in [2.45, 2.75) is 50.9 Å². The lowest BCUT2D eigenvalue weighted by Gasteiger charge is -2.43. The monoisotopic (exact) mass is 386 g/mol. The Labute approximate surface area is 161 Å². The molecule has 1 aliphatic heterocycles. The number of ether oxygens (including phenoxy) is 1. The van der Waals surface area contributed by atoms with Crippen molar-refractivity contribution in [1.29, 1.82) is 0 Å². The molecule has 0 N–H and O–H groups in total. The smallest absolute Gasteiger partial charge is 0.344 e. The minimum Gasteiger partial charge on any atom is -0.457 e. The molecule has 3 rings (SSSR count). The van der Waals surface area contributed by atoms with Crippen LogP contribution >= 0.6 is 0 Å². The third-order valence-electron chi connectivity index (χ3n) is 5.21. The lowest BCUT2D eigenvalue weighted by Crippen LogP contribution is -2.67. The normalized spacial score (nSPS) is 23.3. The van der Waals surface area contributed by atoms with Gasteiger partial charge in [-0.1, -0.05) is 81.4 Å². The fourth-order valence-corrected chi connectivity index (χ4v) is 8.49. The highest BCUT2D eigenvalue weighted by Crippen LogP contribution is 2.38. The molecule has 2 atom stereocenters. The van der Waals surface area contributed by atoms with Gasteiger partial charge in [-0.05, 0) is 22.3 Å². The van der Waals surface area contributed by atoms with Gasteiger partial charge in [-0.3, -0.25) is 0 Å². The number of halogens is 1. The SMILES string of the molecule is CC1(F)C[C@@H](CO[Si](c2ccccc2)(c2ccccc2)C(C)(C)C)OC1=O. The van der Waals surface area contributed by atoms with Crippen LogP contribution in [0.25, 0.3) is 0 Å². The molecule has 0 bridgehead atoms. The van der Waals surface area contributed by atoms with Gasteiger partial charge >= 0.3 is 5.97 Å². The van der Waals surface area contributed by atoms with E-state index in [1.165, 1.54) is 6.92 Å². The molecule has 1 heterocycles. The Morgan fingerprint density at radius 2 is 1.56 bits per heavy atom. The minimum absolute atomic E-state index is 0.0318. The highest BCUT2D eigenvalue weighted by molar-refractivity contribution is 6.99. The first-order valence-electron chi connectivity index (χ1n) is 9.32. The van der Waals surface area contributed by atoms with Crippen molar-refractivity contribution < 1.29 is 18.3 Å². The van der Waals surface area contributed by atoms with E-state index in [0.717, 1.165) is 10.4 Å². The summed E-state index contributed by atoms with van der Waals surface area (Å²) >= 11 is 0. The number of carbonyl (C=O) groups excluding carboxylic acids is 1. The average Bonchev–Trinajstić information content (AvgIpc) is 2.88. The molecule has 0 amide bonds. The summed E-state index contributed by atoms with van der Waals surface area (Å²) in [5.74, 6) is -0.793. The highest BCUT2D eigenvalue weighted by atomic mass is 28.4. The summed E-state index contributed by atoms with van der Waals surface area (Å²) in [4.78, 5) is 11.7. The van der Waals surface area contributed by atoms with E-state index in [2.05, 4.69) is 45.0 Å². The first kappa shape index (κ1) is 19.8. The fourth-order valence-electron chi connectivity index (χ4n) is 3.90. The van der Waals surface area contributed by atoms with E-state index in [-0.39, 0.29) is 18.1 Å². The first-order chi connectivity index (χ1) is 12.7. The molecule has 0 radical (unpaired) electrons. The molecule has 0 saturated carbocycles. The average molecular weight is 387 g/mol. The Kier molecular flexibility index (Phi) is 5.28. The number of hydrogen-bond acceptors (Lipinski definition) is 3. The van der Waals surface area contributed by atoms with E-state index in [0.29, 0.717) is 0 Å². The van der Waals surface area contributed by atoms with Gasteiger partial charge in [0.15, 0.2) is 0 Å². The van der Waals surface area contributed by atoms with Gasteiger partial charge in [0.25, 0.3) is 8.32 Å². The molecule has 5 heteroatoms. The van der Waals surface area contributed by atoms with Crippen molar-refractivity contribution in [2.75, 3.05) is 6.61 Å². The summed E-state index contributed by atoms with van der Waals surface area (Å²) in [6, 6.07) is 20.5. The predicted octanol–water partition coefficient (Wildman–Crippen LogP) is 3.61. The molecule has 144 valence electrons. The zero-order valence-electron chi connectivity index (χ0n) is 16.4. The van der Waals surface area contributed by atoms with Gasteiger partial charge in [0.05, 0.1) is 6.61 Å². The van der Waals surface area contributed by atoms with Crippen molar-refractivity contribution >= 4 is 24.7 Å². The second-order valence-electron chi connectivity index (χ2n) is 8.40. The first-order valence-corrected chi connectivity index (χ1v) is 11.2. The number of esters is 1. The summed E-state index contributed by atoms with van der Waals surface area (Å²) in [6.07, 6.45) is -0.529. The van der Waals surface area contributed by atoms with E-state index in [9.17, 15) is 9.18 Å². The molecular formula is C22H27FO3Si. The number of hydrogen-bond donors (Lipinski definition) is 0. The summed E-state index contributed by atoms with van der Waals surface area (Å²) in [7, 11) is -2.70. The summed E-state index contributed by atoms with van der Waals surface area (Å²) in [6.45, 7) is 8.01. The zero-order chi connectivity index (χ0) is 19.7. The molecule has 1 fully saturated rings. The molecule has 27 heavy (non-hydrogen) atoms. The zero-order valence-corrected chi connectivity index (χ0v) is 17.4. The summed E-state index contributed by atoms with van der Waals surface area (Å²) < 4.78 is 26.2. The number of carbonyl (C=O) groups is 1. The van der Waals surface area contributed by atoms with E-state index >= 15 is 0 Å². The molecule has 0 spiro atoms. The Morgan fingerprint density at radius 3 is 1.93 bits per heavy atom. The van der Waals surface area contributed by atoms with Crippen LogP contribution in [0.4, 0.5) is 4.39 Å². The van der Waals surface area contributed by atoms with Crippen LogP contribution < -0.4 is 10.4 Å². The van der Waals surface area contributed by atoms with Crippen LogP contribution in [-0.2, 0) is 14.0 Å². The van der Waals surface area contributed by atoms with Crippen LogP contribution in [0, 0.1) is 0 Å². The maximum atomic E-state index is 14.2. The van der Waals surface area contributed by atoms with Crippen LogP contribution in [0.15, 0.2) is 60.7 Å². The third kappa shape index (κ3) is 3.71. The topological polar surface area (TPSA) is 35.5 Å². The molecule has 0 aliphatic carbocycles. The second-order valence-corrected chi connectivity index (χ2v) is 12.7. The molecule has 1 unspecified atom stereocenters. The summed E-state index contributed by atoms with van der Waals surface area (Å²) in [5, 5.41) is 2.13. The van der Waals surface area contributed by atoms with E-state index in [1.54, 1.807) is 0 Å². The van der Waals surface area contributed by atoms with Crippen molar-refractivity contribution in [1.82, 2.24) is 0 Å². The van der Waals surface area contributed by atoms with Gasteiger partial charge in [0.2, 0.25) is 5.67 Å². The quantitative estimate of drug-likeness (QED) is 0.582. The lowest BCUT2D eigenvalue weighted by molar-refractivity contribution is -0.150. The standard InChI is InChI=1S/C22H27FO3Si/c1-21(2,3)27(18-11-7-5-8-12-18,19-13-9-6-10-14-19)25-16-17-15-22(4,23)20(24)26-17/h5-14,17H,15-16H2,1-4H3/t17-,22?/m0/s1. The van der Waals surface area contributed by atoms with Gasteiger partial charge in [0, 0.05) is 6.42 Å². The number of rotatable bonds is 5. The van der Waals surface area contributed by atoms with Crippen LogP contribution in [0.3, 0.4) is 0 Å². The Morgan fingerprint density at radius 1 is 1.07 bits per heavy atom. The molecule has 1 saturated heterocycles. The van der Waals surface area contributed by atoms with Gasteiger partial charge < -0.3 is 9.16 Å². The number of alkyl halides is 1. The molecule has 2 aromatic carbocycles. The maximum absolute atomic E-state index is 14.2. The van der Waals surface area contributed by atoms with E-state index < -0.39 is 26.1 Å². The fraction of sp³-hybridized carbons (Fsp3) is 0.409. The number of cyclic esters (lactones) is 1. The van der Waals surface area contributed by atoms with Crippen LogP contribution in [0.1, 0.15) is 34.1 Å². The molecular weight excluding hydrogens is 359 g/mol. The van der Waals surface area contributed by atoms with Crippen molar-refractivity contribution in [3.63, 3.8) is 0 Å². The van der Waals surface area contributed by atoms with Crippen LogP contribution in [-0.4, -0.2) is 32.7 Å². The van der Waals surface area contributed by atoms with E-state index in [4.69, 9.17) is 9.16 Å². The largest absolute Gasteiger partial charge is 0.457 e. The predicted molar refractivity (Wildman–Crippen MR) is 108 cm³/mol. The van der Waals surface area contributed by atoms with E-state index in [1.807, 2.05) is 36.4 Å². The molecule has 3 nitrogen and oxygen atoms in total. The van der Waals surface area contributed by atoms with Crippen molar-refractivity contribution in [3.05, 3.63) is 60.7 Å². The Hall–Kier alpha value is -1.98. The van der Waals surface area contributed by atoms with Gasteiger partial charge in [-0.2, -0.15) is 0 Å². The Balaban J connectivity index is 2.01. The lowest BCUT2D eigenvalue weighted by atomic mass is 10.1. The molecule has 1 aliphatic rings. The third-order valence-corrected chi connectivity index (χ3v) is 10.2. The van der Waals surface area contributed by atoms with Crippen molar-refractivity contribution in [3.8, 4) is 0 Å². The van der Waals surface area contributed by atoms with Crippen molar-refractivity contribution in [2.24, 2.45) is 0 Å². The van der Waals surface area contributed by atoms with Crippen LogP contribution in [0.2, 0.25) is 5.04 Å². The van der Waals surface area contributed by atoms with Gasteiger partial charge in [0.1, 0.15) is 6.10 Å². The second kappa shape index (κ2) is 7.21. The molecule has 2 aromatic rings. The minimum atomic E-state index is -2.70. The molecule has 0 aromatic heterocycles. The van der Waals surface area contributed by atoms with Gasteiger partial charge in [-0.15, -0.1) is 0 Å². The Bertz CT molecular complexity index is 745. The highest BCUT2D eigenvalue weighted by Gasteiger charge is 2.52. The van der Waals surface area contributed by atoms with Crippen LogP contribution in [0.5, 0.6) is 0 Å².